The maximum absolute atomic E-state index is 16.7. The monoisotopic (exact) mass is 579 g/mol. The van der Waals surface area contributed by atoms with Gasteiger partial charge in [-0.05, 0) is 87.2 Å². The standard InChI is InChI=1S/C34H31F2N5O2/c1-2-24-27(35)8-5-19-15-23(42)16-25(28(19)24)31-29(36)32-26(17-37-31)30(20-13-21-6-7-22(14-20)38-21)39-33(40-32)43-18-34-9-3-11-41(34)12-4-10-34/h1,5,8,13,15-17,21-22,38,42H,3-4,6-7,9-12,14,18H2. The summed E-state index contributed by atoms with van der Waals surface area (Å²) in [5.74, 6) is 0.966. The first kappa shape index (κ1) is 26.5. The summed E-state index contributed by atoms with van der Waals surface area (Å²) in [6, 6.07) is 6.30. The summed E-state index contributed by atoms with van der Waals surface area (Å²) in [6.07, 6.45) is 16.7. The van der Waals surface area contributed by atoms with E-state index in [1.54, 1.807) is 6.20 Å². The Morgan fingerprint density at radius 2 is 1.95 bits per heavy atom. The second-order valence-corrected chi connectivity index (χ2v) is 12.3. The van der Waals surface area contributed by atoms with E-state index in [2.05, 4.69) is 32.2 Å². The van der Waals surface area contributed by atoms with Gasteiger partial charge in [0.05, 0.1) is 16.8 Å². The summed E-state index contributed by atoms with van der Waals surface area (Å²) in [6.45, 7) is 2.58. The number of phenolic OH excluding ortho intramolecular Hbond substituents is 1. The van der Waals surface area contributed by atoms with Crippen LogP contribution in [-0.4, -0.2) is 62.3 Å². The summed E-state index contributed by atoms with van der Waals surface area (Å²) < 4.78 is 37.8. The molecule has 7 nitrogen and oxygen atoms in total. The van der Waals surface area contributed by atoms with E-state index in [0.717, 1.165) is 63.6 Å². The van der Waals surface area contributed by atoms with Crippen LogP contribution in [0.5, 0.6) is 11.8 Å². The fourth-order valence-electron chi connectivity index (χ4n) is 7.84. The highest BCUT2D eigenvalue weighted by atomic mass is 19.1. The number of hydrogen-bond donors (Lipinski definition) is 2. The number of nitrogens with zero attached hydrogens (tertiary/aromatic N) is 4. The van der Waals surface area contributed by atoms with Gasteiger partial charge in [0, 0.05) is 34.6 Å². The largest absolute Gasteiger partial charge is 0.508 e. The minimum atomic E-state index is -0.704. The van der Waals surface area contributed by atoms with Crippen molar-refractivity contribution in [1.82, 2.24) is 25.2 Å². The molecule has 43 heavy (non-hydrogen) atoms. The molecule has 218 valence electrons. The van der Waals surface area contributed by atoms with Crippen molar-refractivity contribution in [2.45, 2.75) is 62.6 Å². The zero-order valence-electron chi connectivity index (χ0n) is 23.7. The number of aromatic nitrogens is 3. The molecule has 3 saturated heterocycles. The van der Waals surface area contributed by atoms with Crippen molar-refractivity contribution in [3.63, 3.8) is 0 Å². The third kappa shape index (κ3) is 4.27. The smallest absolute Gasteiger partial charge is 0.317 e. The van der Waals surface area contributed by atoms with E-state index in [9.17, 15) is 9.50 Å². The second-order valence-electron chi connectivity index (χ2n) is 12.3. The number of nitrogens with one attached hydrogen (secondary N) is 1. The minimum absolute atomic E-state index is 0.0199. The van der Waals surface area contributed by atoms with Gasteiger partial charge in [0.15, 0.2) is 5.82 Å². The SMILES string of the molecule is C#Cc1c(F)ccc2cc(O)cc(-c3ncc4c(C5=CC6CCC(C5)N6)nc(OCC56CCCN5CCC6)nc4c3F)c12. The zero-order chi connectivity index (χ0) is 29.3. The molecule has 2 unspecified atom stereocenters. The molecule has 2 N–H and O–H groups in total. The molecule has 0 radical (unpaired) electrons. The number of phenols is 1. The molecule has 0 saturated carbocycles. The van der Waals surface area contributed by atoms with Crippen LogP contribution in [0.15, 0.2) is 36.5 Å². The van der Waals surface area contributed by atoms with Gasteiger partial charge in [-0.1, -0.05) is 18.1 Å². The predicted octanol–water partition coefficient (Wildman–Crippen LogP) is 5.73. The van der Waals surface area contributed by atoms with Gasteiger partial charge in [-0.2, -0.15) is 9.97 Å². The molecule has 3 fully saturated rings. The van der Waals surface area contributed by atoms with E-state index in [1.165, 1.54) is 24.3 Å². The van der Waals surface area contributed by atoms with Crippen molar-refractivity contribution in [3.8, 4) is 35.4 Å². The molecule has 2 bridgehead atoms. The first-order valence-corrected chi connectivity index (χ1v) is 15.1. The number of hydrogen-bond acceptors (Lipinski definition) is 7. The third-order valence-electron chi connectivity index (χ3n) is 9.84. The molecule has 2 aromatic heterocycles. The number of aromatic hydroxyl groups is 1. The van der Waals surface area contributed by atoms with Crippen LogP contribution in [0, 0.1) is 24.0 Å². The van der Waals surface area contributed by atoms with Gasteiger partial charge in [-0.15, -0.1) is 6.42 Å². The highest BCUT2D eigenvalue weighted by molar-refractivity contribution is 6.03. The molecule has 6 heterocycles. The lowest BCUT2D eigenvalue weighted by Gasteiger charge is -2.31. The molecule has 4 aromatic rings. The van der Waals surface area contributed by atoms with Crippen LogP contribution in [0.3, 0.4) is 0 Å². The molecular formula is C34H31F2N5O2. The van der Waals surface area contributed by atoms with Gasteiger partial charge in [-0.25, -0.2) is 8.78 Å². The molecule has 2 atom stereocenters. The highest BCUT2D eigenvalue weighted by Gasteiger charge is 2.45. The first-order chi connectivity index (χ1) is 20.9. The summed E-state index contributed by atoms with van der Waals surface area (Å²) in [7, 11) is 0. The molecule has 0 aliphatic carbocycles. The number of terminal acetylenes is 1. The van der Waals surface area contributed by atoms with Gasteiger partial charge in [0.2, 0.25) is 0 Å². The summed E-state index contributed by atoms with van der Waals surface area (Å²) in [4.78, 5) is 16.5. The van der Waals surface area contributed by atoms with Gasteiger partial charge in [0.1, 0.15) is 29.4 Å². The zero-order valence-corrected chi connectivity index (χ0v) is 23.7. The van der Waals surface area contributed by atoms with Crippen molar-refractivity contribution in [3.05, 3.63) is 59.4 Å². The van der Waals surface area contributed by atoms with Crippen LogP contribution < -0.4 is 10.1 Å². The quantitative estimate of drug-likeness (QED) is 0.293. The van der Waals surface area contributed by atoms with E-state index in [-0.39, 0.29) is 45.7 Å². The number of pyridine rings is 1. The second kappa shape index (κ2) is 9.97. The number of benzene rings is 2. The van der Waals surface area contributed by atoms with Crippen LogP contribution in [0.1, 0.15) is 56.2 Å². The Kier molecular flexibility index (Phi) is 6.14. The number of ether oxygens (including phenoxy) is 1. The molecule has 0 amide bonds. The van der Waals surface area contributed by atoms with Gasteiger partial charge in [0.25, 0.3) is 0 Å². The number of fused-ring (bicyclic) bond motifs is 5. The topological polar surface area (TPSA) is 83.4 Å². The van der Waals surface area contributed by atoms with Crippen LogP contribution in [0.4, 0.5) is 8.78 Å². The van der Waals surface area contributed by atoms with Gasteiger partial charge in [-0.3, -0.25) is 9.88 Å². The van der Waals surface area contributed by atoms with Gasteiger partial charge < -0.3 is 15.2 Å². The first-order valence-electron chi connectivity index (χ1n) is 15.1. The Hall–Kier alpha value is -4.13. The molecular weight excluding hydrogens is 548 g/mol. The molecule has 2 aromatic carbocycles. The van der Waals surface area contributed by atoms with Crippen LogP contribution >= 0.6 is 0 Å². The summed E-state index contributed by atoms with van der Waals surface area (Å²) in [5.41, 5.74) is 1.78. The normalized spacial score (nSPS) is 22.6. The van der Waals surface area contributed by atoms with Crippen molar-refractivity contribution >= 4 is 27.2 Å². The van der Waals surface area contributed by atoms with Crippen molar-refractivity contribution in [2.24, 2.45) is 0 Å². The van der Waals surface area contributed by atoms with Gasteiger partial charge >= 0.3 is 6.01 Å². The Labute approximate surface area is 248 Å². The van der Waals surface area contributed by atoms with Crippen LogP contribution in [-0.2, 0) is 0 Å². The lowest BCUT2D eigenvalue weighted by atomic mass is 9.95. The Balaban J connectivity index is 1.30. The average Bonchev–Trinajstić information content (AvgIpc) is 3.69. The fraction of sp³-hybridized carbons (Fsp3) is 0.382. The molecule has 8 rings (SSSR count). The molecule has 9 heteroatoms. The Morgan fingerprint density at radius 1 is 1.12 bits per heavy atom. The third-order valence-corrected chi connectivity index (χ3v) is 9.84. The average molecular weight is 580 g/mol. The molecule has 4 aliphatic rings. The summed E-state index contributed by atoms with van der Waals surface area (Å²) >= 11 is 0. The molecule has 4 aliphatic heterocycles. The van der Waals surface area contributed by atoms with Crippen LogP contribution in [0.2, 0.25) is 0 Å². The van der Waals surface area contributed by atoms with E-state index in [1.807, 2.05) is 0 Å². The highest BCUT2D eigenvalue weighted by Crippen LogP contribution is 2.41. The summed E-state index contributed by atoms with van der Waals surface area (Å²) in [5, 5.41) is 15.4. The lowest BCUT2D eigenvalue weighted by Crippen LogP contribution is -2.43. The lowest BCUT2D eigenvalue weighted by molar-refractivity contribution is 0.107. The Morgan fingerprint density at radius 3 is 2.74 bits per heavy atom. The molecule has 0 spiro atoms. The minimum Gasteiger partial charge on any atom is -0.508 e. The maximum Gasteiger partial charge on any atom is 0.317 e. The van der Waals surface area contributed by atoms with E-state index >= 15 is 4.39 Å². The fourth-order valence-corrected chi connectivity index (χ4v) is 7.84. The van der Waals surface area contributed by atoms with Crippen molar-refractivity contribution in [2.75, 3.05) is 19.7 Å². The number of rotatable bonds is 5. The Bertz CT molecular complexity index is 1870. The predicted molar refractivity (Wildman–Crippen MR) is 161 cm³/mol. The van der Waals surface area contributed by atoms with E-state index in [4.69, 9.17) is 16.1 Å². The maximum atomic E-state index is 16.7. The van der Waals surface area contributed by atoms with Crippen molar-refractivity contribution < 1.29 is 18.6 Å². The van der Waals surface area contributed by atoms with E-state index < -0.39 is 11.6 Å². The van der Waals surface area contributed by atoms with Crippen LogP contribution in [0.25, 0.3) is 38.5 Å². The number of halogens is 2. The van der Waals surface area contributed by atoms with E-state index in [0.29, 0.717) is 34.5 Å². The van der Waals surface area contributed by atoms with Crippen molar-refractivity contribution in [1.29, 1.82) is 0 Å².